The maximum atomic E-state index is 13.0. The number of amides is 4. The predicted molar refractivity (Wildman–Crippen MR) is 107 cm³/mol. The smallest absolute Gasteiger partial charge is 0.335 e. The average Bonchev–Trinajstić information content (AvgIpc) is 2.65. The number of hydrogen-bond acceptors (Lipinski definition) is 5. The van der Waals surface area contributed by atoms with Gasteiger partial charge in [-0.25, -0.2) is 9.69 Å². The molecule has 1 heterocycles. The molecule has 0 aromatic heterocycles. The quantitative estimate of drug-likeness (QED) is 0.576. The van der Waals surface area contributed by atoms with E-state index in [4.69, 9.17) is 9.47 Å². The van der Waals surface area contributed by atoms with Crippen LogP contribution in [0.3, 0.4) is 0 Å². The van der Waals surface area contributed by atoms with E-state index in [2.05, 4.69) is 21.2 Å². The van der Waals surface area contributed by atoms with Crippen LogP contribution in [0, 0.1) is 6.92 Å². The lowest BCUT2D eigenvalue weighted by atomic mass is 10.1. The van der Waals surface area contributed by atoms with E-state index in [9.17, 15) is 14.4 Å². The van der Waals surface area contributed by atoms with Crippen LogP contribution >= 0.6 is 15.9 Å². The molecule has 3 rings (SSSR count). The van der Waals surface area contributed by atoms with Gasteiger partial charge in [-0.1, -0.05) is 12.1 Å². The largest absolute Gasteiger partial charge is 0.496 e. The number of barbiturate groups is 1. The van der Waals surface area contributed by atoms with Crippen LogP contribution in [0.15, 0.2) is 46.4 Å². The summed E-state index contributed by atoms with van der Waals surface area (Å²) in [6.07, 6.45) is 1.38. The molecule has 0 saturated carbocycles. The van der Waals surface area contributed by atoms with E-state index >= 15 is 0 Å². The van der Waals surface area contributed by atoms with Crippen molar-refractivity contribution in [2.75, 3.05) is 19.1 Å². The monoisotopic (exact) mass is 444 g/mol. The first-order valence-corrected chi connectivity index (χ1v) is 9.04. The van der Waals surface area contributed by atoms with E-state index in [0.29, 0.717) is 27.2 Å². The van der Waals surface area contributed by atoms with E-state index in [1.807, 2.05) is 13.0 Å². The SMILES string of the molecule is COc1cc(OC)c(C=C2C(=O)NC(=O)N(c3cccc(C)c3)C2=O)cc1Br. The van der Waals surface area contributed by atoms with Gasteiger partial charge in [-0.2, -0.15) is 0 Å². The Morgan fingerprint density at radius 3 is 2.39 bits per heavy atom. The van der Waals surface area contributed by atoms with Crippen molar-refractivity contribution in [2.45, 2.75) is 6.92 Å². The van der Waals surface area contributed by atoms with Crippen molar-refractivity contribution in [1.82, 2.24) is 5.32 Å². The minimum atomic E-state index is -0.791. The lowest BCUT2D eigenvalue weighted by Crippen LogP contribution is -2.54. The van der Waals surface area contributed by atoms with Gasteiger partial charge in [0, 0.05) is 11.6 Å². The van der Waals surface area contributed by atoms with Crippen molar-refractivity contribution in [2.24, 2.45) is 0 Å². The molecule has 4 amide bonds. The van der Waals surface area contributed by atoms with Crippen molar-refractivity contribution in [1.29, 1.82) is 0 Å². The Morgan fingerprint density at radius 1 is 1.04 bits per heavy atom. The molecule has 0 radical (unpaired) electrons. The molecule has 1 aliphatic heterocycles. The summed E-state index contributed by atoms with van der Waals surface area (Å²) in [5.41, 5.74) is 1.55. The number of anilines is 1. The molecular formula is C20H17BrN2O5. The van der Waals surface area contributed by atoms with Gasteiger partial charge in [0.15, 0.2) is 0 Å². The number of methoxy groups -OCH3 is 2. The Hall–Kier alpha value is -3.13. The van der Waals surface area contributed by atoms with Gasteiger partial charge in [0.25, 0.3) is 11.8 Å². The molecule has 1 saturated heterocycles. The number of rotatable bonds is 4. The molecule has 8 heteroatoms. The number of benzene rings is 2. The number of hydrogen-bond donors (Lipinski definition) is 1. The molecule has 0 spiro atoms. The summed E-state index contributed by atoms with van der Waals surface area (Å²) in [5.74, 6) is -0.539. The maximum absolute atomic E-state index is 13.0. The Bertz CT molecular complexity index is 1020. The lowest BCUT2D eigenvalue weighted by Gasteiger charge is -2.26. The van der Waals surface area contributed by atoms with E-state index < -0.39 is 17.8 Å². The number of ether oxygens (including phenoxy) is 2. The number of aryl methyl sites for hydroxylation is 1. The molecule has 7 nitrogen and oxygen atoms in total. The highest BCUT2D eigenvalue weighted by Gasteiger charge is 2.37. The molecule has 2 aromatic rings. The van der Waals surface area contributed by atoms with Crippen molar-refractivity contribution < 1.29 is 23.9 Å². The summed E-state index contributed by atoms with van der Waals surface area (Å²) in [7, 11) is 2.98. The number of nitrogens with one attached hydrogen (secondary N) is 1. The fourth-order valence-electron chi connectivity index (χ4n) is 2.81. The standard InChI is InChI=1S/C20H17BrN2O5/c1-11-5-4-6-13(7-11)23-19(25)14(18(24)22-20(23)26)8-12-9-15(21)17(28-3)10-16(12)27-2/h4-10H,1-3H3,(H,22,24,26). The fraction of sp³-hybridized carbons (Fsp3) is 0.150. The highest BCUT2D eigenvalue weighted by molar-refractivity contribution is 9.10. The van der Waals surface area contributed by atoms with Crippen LogP contribution < -0.4 is 19.7 Å². The second-order valence-corrected chi connectivity index (χ2v) is 6.88. The van der Waals surface area contributed by atoms with E-state index in [0.717, 1.165) is 10.5 Å². The normalized spacial score (nSPS) is 15.6. The predicted octanol–water partition coefficient (Wildman–Crippen LogP) is 3.44. The van der Waals surface area contributed by atoms with Crippen molar-refractivity contribution in [3.8, 4) is 11.5 Å². The van der Waals surface area contributed by atoms with Crippen LogP contribution in [0.25, 0.3) is 6.08 Å². The lowest BCUT2D eigenvalue weighted by molar-refractivity contribution is -0.122. The first-order valence-electron chi connectivity index (χ1n) is 8.25. The number of urea groups is 1. The molecule has 1 aliphatic rings. The first-order chi connectivity index (χ1) is 13.3. The minimum absolute atomic E-state index is 0.184. The van der Waals surface area contributed by atoms with E-state index in [1.54, 1.807) is 30.3 Å². The van der Waals surface area contributed by atoms with Crippen LogP contribution in [0.1, 0.15) is 11.1 Å². The Balaban J connectivity index is 2.08. The van der Waals surface area contributed by atoms with Crippen molar-refractivity contribution in [3.05, 3.63) is 57.6 Å². The van der Waals surface area contributed by atoms with Gasteiger partial charge >= 0.3 is 6.03 Å². The van der Waals surface area contributed by atoms with Crippen LogP contribution in [0.4, 0.5) is 10.5 Å². The third-order valence-electron chi connectivity index (χ3n) is 4.17. The van der Waals surface area contributed by atoms with Gasteiger partial charge in [-0.05, 0) is 52.7 Å². The number of nitrogens with zero attached hydrogens (tertiary/aromatic N) is 1. The van der Waals surface area contributed by atoms with Gasteiger partial charge in [0.2, 0.25) is 0 Å². The van der Waals surface area contributed by atoms with Gasteiger partial charge < -0.3 is 9.47 Å². The number of imide groups is 2. The average molecular weight is 445 g/mol. The van der Waals surface area contributed by atoms with Crippen LogP contribution in [0.5, 0.6) is 11.5 Å². The zero-order valence-electron chi connectivity index (χ0n) is 15.4. The second-order valence-electron chi connectivity index (χ2n) is 6.03. The minimum Gasteiger partial charge on any atom is -0.496 e. The molecule has 0 aliphatic carbocycles. The third-order valence-corrected chi connectivity index (χ3v) is 4.79. The third kappa shape index (κ3) is 3.63. The van der Waals surface area contributed by atoms with Crippen molar-refractivity contribution >= 4 is 45.5 Å². The zero-order valence-corrected chi connectivity index (χ0v) is 17.0. The number of halogens is 1. The van der Waals surface area contributed by atoms with Crippen LogP contribution in [0.2, 0.25) is 0 Å². The summed E-state index contributed by atoms with van der Waals surface area (Å²) in [6, 6.07) is 9.40. The Morgan fingerprint density at radius 2 is 1.75 bits per heavy atom. The summed E-state index contributed by atoms with van der Waals surface area (Å²) >= 11 is 3.37. The van der Waals surface area contributed by atoms with Crippen LogP contribution in [-0.2, 0) is 9.59 Å². The van der Waals surface area contributed by atoms with E-state index in [-0.39, 0.29) is 5.57 Å². The molecule has 0 atom stereocenters. The topological polar surface area (TPSA) is 84.9 Å². The first kappa shape index (κ1) is 19.6. The molecule has 144 valence electrons. The molecule has 1 fully saturated rings. The fourth-order valence-corrected chi connectivity index (χ4v) is 3.33. The van der Waals surface area contributed by atoms with Gasteiger partial charge in [-0.3, -0.25) is 14.9 Å². The second kappa shape index (κ2) is 7.85. The summed E-state index contributed by atoms with van der Waals surface area (Å²) in [6.45, 7) is 1.84. The highest BCUT2D eigenvalue weighted by Crippen LogP contribution is 2.34. The van der Waals surface area contributed by atoms with Gasteiger partial charge in [-0.15, -0.1) is 0 Å². The molecule has 28 heavy (non-hydrogen) atoms. The summed E-state index contributed by atoms with van der Waals surface area (Å²) in [5, 5.41) is 2.20. The van der Waals surface area contributed by atoms with E-state index in [1.165, 1.54) is 20.3 Å². The summed E-state index contributed by atoms with van der Waals surface area (Å²) < 4.78 is 11.2. The summed E-state index contributed by atoms with van der Waals surface area (Å²) in [4.78, 5) is 38.5. The molecular weight excluding hydrogens is 428 g/mol. The number of carbonyl (C=O) groups is 3. The molecule has 0 bridgehead atoms. The van der Waals surface area contributed by atoms with Gasteiger partial charge in [0.05, 0.1) is 24.4 Å². The molecule has 2 aromatic carbocycles. The molecule has 1 N–H and O–H groups in total. The van der Waals surface area contributed by atoms with Crippen LogP contribution in [-0.4, -0.2) is 32.1 Å². The Labute approximate surface area is 170 Å². The highest BCUT2D eigenvalue weighted by atomic mass is 79.9. The zero-order chi connectivity index (χ0) is 20.4. The number of carbonyl (C=O) groups excluding carboxylic acids is 3. The maximum Gasteiger partial charge on any atom is 0.335 e. The molecule has 0 unspecified atom stereocenters. The Kier molecular flexibility index (Phi) is 5.51. The van der Waals surface area contributed by atoms with Gasteiger partial charge in [0.1, 0.15) is 17.1 Å². The van der Waals surface area contributed by atoms with Crippen molar-refractivity contribution in [3.63, 3.8) is 0 Å².